The van der Waals surface area contributed by atoms with Crippen LogP contribution in [0.4, 0.5) is 11.4 Å². The zero-order valence-corrected chi connectivity index (χ0v) is 19.0. The van der Waals surface area contributed by atoms with Gasteiger partial charge in [-0.2, -0.15) is 0 Å². The first-order valence-corrected chi connectivity index (χ1v) is 11.6. The van der Waals surface area contributed by atoms with Crippen molar-refractivity contribution in [3.63, 3.8) is 0 Å². The lowest BCUT2D eigenvalue weighted by Crippen LogP contribution is -2.21. The quantitative estimate of drug-likeness (QED) is 0.496. The van der Waals surface area contributed by atoms with Gasteiger partial charge in [0.1, 0.15) is 11.5 Å². The molecule has 0 aliphatic carbocycles. The fraction of sp³-hybridized carbons (Fsp3) is 0.208. The lowest BCUT2D eigenvalue weighted by Gasteiger charge is -2.13. The number of sulfonamides is 1. The van der Waals surface area contributed by atoms with E-state index < -0.39 is 10.0 Å². The molecule has 32 heavy (non-hydrogen) atoms. The van der Waals surface area contributed by atoms with Gasteiger partial charge in [-0.1, -0.05) is 18.2 Å². The maximum absolute atomic E-state index is 12.7. The zero-order chi connectivity index (χ0) is 23.1. The number of nitrogens with one attached hydrogen (secondary N) is 2. The number of hydrogen-bond donors (Lipinski definition) is 2. The van der Waals surface area contributed by atoms with Crippen molar-refractivity contribution in [1.29, 1.82) is 0 Å². The van der Waals surface area contributed by atoms with Crippen molar-refractivity contribution in [3.8, 4) is 11.5 Å². The molecule has 2 N–H and O–H groups in total. The molecule has 3 rings (SSSR count). The number of para-hydroxylation sites is 1. The highest BCUT2D eigenvalue weighted by atomic mass is 32.2. The first-order valence-electron chi connectivity index (χ1n) is 10.1. The van der Waals surface area contributed by atoms with Crippen molar-refractivity contribution in [2.75, 3.05) is 23.3 Å². The van der Waals surface area contributed by atoms with Crippen LogP contribution in [-0.2, 0) is 14.8 Å². The second kappa shape index (κ2) is 10.2. The lowest BCUT2D eigenvalue weighted by molar-refractivity contribution is -0.118. The number of anilines is 2. The number of hydrogen-bond acceptors (Lipinski definition) is 5. The highest BCUT2D eigenvalue weighted by molar-refractivity contribution is 7.92. The van der Waals surface area contributed by atoms with Crippen molar-refractivity contribution in [2.24, 2.45) is 0 Å². The maximum atomic E-state index is 12.7. The Morgan fingerprint density at radius 3 is 2.28 bits per heavy atom. The molecule has 1 amide bonds. The molecule has 3 aromatic carbocycles. The highest BCUT2D eigenvalue weighted by Crippen LogP contribution is 2.24. The maximum Gasteiger partial charge on any atom is 0.262 e. The average Bonchev–Trinajstić information content (AvgIpc) is 2.76. The first kappa shape index (κ1) is 23.1. The number of aryl methyl sites for hydroxylation is 2. The summed E-state index contributed by atoms with van der Waals surface area (Å²) in [6, 6.07) is 18.6. The van der Waals surface area contributed by atoms with Crippen LogP contribution in [0.2, 0.25) is 0 Å². The van der Waals surface area contributed by atoms with E-state index in [2.05, 4.69) is 10.0 Å². The summed E-state index contributed by atoms with van der Waals surface area (Å²) in [5, 5.41) is 2.80. The van der Waals surface area contributed by atoms with Crippen LogP contribution in [0.3, 0.4) is 0 Å². The Kier molecular flexibility index (Phi) is 7.37. The van der Waals surface area contributed by atoms with E-state index in [1.807, 2.05) is 38.1 Å². The molecule has 0 saturated heterocycles. The van der Waals surface area contributed by atoms with Gasteiger partial charge in [0.2, 0.25) is 0 Å². The van der Waals surface area contributed by atoms with Gasteiger partial charge in [-0.25, -0.2) is 8.42 Å². The molecule has 0 atom stereocenters. The smallest absolute Gasteiger partial charge is 0.262 e. The van der Waals surface area contributed by atoms with Gasteiger partial charge in [-0.05, 0) is 80.4 Å². The van der Waals surface area contributed by atoms with Gasteiger partial charge in [0.05, 0.1) is 11.5 Å². The van der Waals surface area contributed by atoms with Crippen LogP contribution >= 0.6 is 0 Å². The van der Waals surface area contributed by atoms with Gasteiger partial charge in [-0.3, -0.25) is 9.52 Å². The first-order chi connectivity index (χ1) is 15.3. The molecule has 0 aliphatic rings. The predicted octanol–water partition coefficient (Wildman–Crippen LogP) is 4.52. The molecule has 7 nitrogen and oxygen atoms in total. The van der Waals surface area contributed by atoms with Crippen LogP contribution in [0.5, 0.6) is 11.5 Å². The number of carbonyl (C=O) groups is 1. The van der Waals surface area contributed by atoms with E-state index in [0.717, 1.165) is 11.3 Å². The van der Waals surface area contributed by atoms with Crippen LogP contribution < -0.4 is 19.5 Å². The molecule has 0 heterocycles. The highest BCUT2D eigenvalue weighted by Gasteiger charge is 2.16. The number of benzene rings is 3. The minimum absolute atomic E-state index is 0.0978. The molecule has 0 aliphatic heterocycles. The van der Waals surface area contributed by atoms with Crippen molar-refractivity contribution in [2.45, 2.75) is 25.7 Å². The summed E-state index contributed by atoms with van der Waals surface area (Å²) < 4.78 is 39.0. The van der Waals surface area contributed by atoms with Crippen LogP contribution in [0, 0.1) is 13.8 Å². The molecule has 0 aromatic heterocycles. The molecule has 0 spiro atoms. The number of carbonyl (C=O) groups excluding carboxylic acids is 1. The summed E-state index contributed by atoms with van der Waals surface area (Å²) in [6.45, 7) is 5.85. The Hall–Kier alpha value is -3.52. The topological polar surface area (TPSA) is 93.7 Å². The van der Waals surface area contributed by atoms with Crippen LogP contribution in [0.15, 0.2) is 71.6 Å². The van der Waals surface area contributed by atoms with E-state index in [4.69, 9.17) is 9.47 Å². The minimum atomic E-state index is -3.78. The third-order valence-corrected chi connectivity index (χ3v) is 6.03. The van der Waals surface area contributed by atoms with E-state index in [1.165, 1.54) is 12.1 Å². The number of amides is 1. The molecular formula is C24H26N2O5S. The van der Waals surface area contributed by atoms with E-state index in [9.17, 15) is 13.2 Å². The summed E-state index contributed by atoms with van der Waals surface area (Å²) in [4.78, 5) is 12.3. The van der Waals surface area contributed by atoms with Gasteiger partial charge < -0.3 is 14.8 Å². The molecule has 0 unspecified atom stereocenters. The Morgan fingerprint density at radius 1 is 0.906 bits per heavy atom. The Labute approximate surface area is 188 Å². The van der Waals surface area contributed by atoms with Gasteiger partial charge in [0, 0.05) is 11.4 Å². The van der Waals surface area contributed by atoms with Gasteiger partial charge in [-0.15, -0.1) is 0 Å². The van der Waals surface area contributed by atoms with Crippen molar-refractivity contribution < 1.29 is 22.7 Å². The fourth-order valence-electron chi connectivity index (χ4n) is 2.99. The fourth-order valence-corrected chi connectivity index (χ4v) is 4.14. The Bertz CT molecular complexity index is 1190. The van der Waals surface area contributed by atoms with Crippen LogP contribution in [0.25, 0.3) is 0 Å². The monoisotopic (exact) mass is 454 g/mol. The molecule has 0 bridgehead atoms. The standard InChI is InChI=1S/C24H26N2O5S/c1-4-30-20-11-9-19(10-12-20)26-32(28,29)21-13-14-23(18(3)15-21)31-16-24(27)25-22-8-6-5-7-17(22)2/h5-15,26H,4,16H2,1-3H3,(H,25,27). The van der Waals surface area contributed by atoms with E-state index in [0.29, 0.717) is 29.4 Å². The predicted molar refractivity (Wildman–Crippen MR) is 125 cm³/mol. The van der Waals surface area contributed by atoms with E-state index in [-0.39, 0.29) is 17.4 Å². The molecule has 3 aromatic rings. The Morgan fingerprint density at radius 2 is 1.62 bits per heavy atom. The van der Waals surface area contributed by atoms with E-state index in [1.54, 1.807) is 37.3 Å². The summed E-state index contributed by atoms with van der Waals surface area (Å²) in [7, 11) is -3.78. The molecular weight excluding hydrogens is 428 g/mol. The van der Waals surface area contributed by atoms with E-state index >= 15 is 0 Å². The van der Waals surface area contributed by atoms with Gasteiger partial charge in [0.25, 0.3) is 15.9 Å². The summed E-state index contributed by atoms with van der Waals surface area (Å²) in [5.41, 5.74) is 2.70. The van der Waals surface area contributed by atoms with Crippen LogP contribution in [-0.4, -0.2) is 27.5 Å². The molecule has 0 saturated carbocycles. The van der Waals surface area contributed by atoms with Gasteiger partial charge >= 0.3 is 0 Å². The largest absolute Gasteiger partial charge is 0.494 e. The lowest BCUT2D eigenvalue weighted by atomic mass is 10.2. The average molecular weight is 455 g/mol. The summed E-state index contributed by atoms with van der Waals surface area (Å²) in [5.74, 6) is 0.803. The zero-order valence-electron chi connectivity index (χ0n) is 18.2. The second-order valence-electron chi connectivity index (χ2n) is 7.14. The number of ether oxygens (including phenoxy) is 2. The SMILES string of the molecule is CCOc1ccc(NS(=O)(=O)c2ccc(OCC(=O)Nc3ccccc3C)c(C)c2)cc1. The second-order valence-corrected chi connectivity index (χ2v) is 8.82. The molecule has 8 heteroatoms. The minimum Gasteiger partial charge on any atom is -0.494 e. The van der Waals surface area contributed by atoms with Crippen LogP contribution in [0.1, 0.15) is 18.1 Å². The number of rotatable bonds is 9. The summed E-state index contributed by atoms with van der Waals surface area (Å²) in [6.07, 6.45) is 0. The third-order valence-electron chi connectivity index (χ3n) is 4.65. The van der Waals surface area contributed by atoms with Gasteiger partial charge in [0.15, 0.2) is 6.61 Å². The molecule has 0 radical (unpaired) electrons. The third kappa shape index (κ3) is 6.01. The van der Waals surface area contributed by atoms with Crippen molar-refractivity contribution >= 4 is 27.3 Å². The Balaban J connectivity index is 1.63. The van der Waals surface area contributed by atoms with Crippen molar-refractivity contribution in [3.05, 3.63) is 77.9 Å². The summed E-state index contributed by atoms with van der Waals surface area (Å²) >= 11 is 0. The normalized spacial score (nSPS) is 11.0. The molecule has 0 fully saturated rings. The molecule has 168 valence electrons. The van der Waals surface area contributed by atoms with Crippen molar-refractivity contribution in [1.82, 2.24) is 0 Å².